The number of sulfonamides is 1. The lowest BCUT2D eigenvalue weighted by atomic mass is 9.76. The predicted octanol–water partition coefficient (Wildman–Crippen LogP) is 5.91. The van der Waals surface area contributed by atoms with Gasteiger partial charge in [-0.1, -0.05) is 66.9 Å². The van der Waals surface area contributed by atoms with Crippen LogP contribution >= 0.6 is 11.6 Å². The van der Waals surface area contributed by atoms with Gasteiger partial charge >= 0.3 is 0 Å². The largest absolute Gasteiger partial charge is 0.488 e. The van der Waals surface area contributed by atoms with Crippen molar-refractivity contribution in [2.75, 3.05) is 6.26 Å². The van der Waals surface area contributed by atoms with Gasteiger partial charge in [0, 0.05) is 22.7 Å². The minimum Gasteiger partial charge on any atom is -0.488 e. The molecule has 3 aromatic carbocycles. The van der Waals surface area contributed by atoms with Crippen molar-refractivity contribution in [2.24, 2.45) is 0 Å². The predicted molar refractivity (Wildman–Crippen MR) is 173 cm³/mol. The number of halogens is 1. The third kappa shape index (κ3) is 8.05. The summed E-state index contributed by atoms with van der Waals surface area (Å²) < 4.78 is 33.4. The molecule has 1 aliphatic heterocycles. The number of benzene rings is 3. The molecule has 3 aromatic rings. The number of carbonyl (C=O) groups excluding carboxylic acids is 2. The maximum atomic E-state index is 14.3. The molecule has 0 aromatic heterocycles. The summed E-state index contributed by atoms with van der Waals surface area (Å²) >= 11 is 6.24. The second-order valence-electron chi connectivity index (χ2n) is 12.7. The molecular weight excluding hydrogens is 614 g/mol. The zero-order chi connectivity index (χ0) is 32.4. The van der Waals surface area contributed by atoms with Crippen LogP contribution in [0, 0.1) is 0 Å². The van der Waals surface area contributed by atoms with Crippen LogP contribution in [0.15, 0.2) is 72.8 Å². The molecule has 0 saturated heterocycles. The van der Waals surface area contributed by atoms with E-state index in [9.17, 15) is 18.0 Å². The quantitative estimate of drug-likeness (QED) is 0.278. The first-order valence-electron chi connectivity index (χ1n) is 15.1. The van der Waals surface area contributed by atoms with Crippen molar-refractivity contribution in [3.63, 3.8) is 0 Å². The average Bonchev–Trinajstić information content (AvgIpc) is 2.97. The monoisotopic (exact) mass is 653 g/mol. The van der Waals surface area contributed by atoms with Gasteiger partial charge in [-0.3, -0.25) is 14.4 Å². The maximum Gasteiger partial charge on any atom is 0.255 e. The third-order valence-electron chi connectivity index (χ3n) is 8.08. The number of ether oxygens (including phenoxy) is 1. The van der Waals surface area contributed by atoms with Gasteiger partial charge < -0.3 is 9.64 Å². The lowest BCUT2D eigenvalue weighted by Gasteiger charge is -2.49. The van der Waals surface area contributed by atoms with Crippen LogP contribution < -0.4 is 14.9 Å². The molecule has 240 valence electrons. The molecular formula is C34H40ClN3O6S. The van der Waals surface area contributed by atoms with Crippen LogP contribution in [0.2, 0.25) is 5.02 Å². The number of fused-ring (bicyclic) bond motifs is 1. The molecule has 0 bridgehead atoms. The Morgan fingerprint density at radius 3 is 2.31 bits per heavy atom. The zero-order valence-electron chi connectivity index (χ0n) is 26.0. The van der Waals surface area contributed by atoms with E-state index in [1.165, 1.54) is 0 Å². The number of amides is 2. The Morgan fingerprint density at radius 2 is 1.64 bits per heavy atom. The van der Waals surface area contributed by atoms with Crippen molar-refractivity contribution in [3.05, 3.63) is 100 Å². The molecule has 0 unspecified atom stereocenters. The van der Waals surface area contributed by atoms with E-state index in [0.717, 1.165) is 30.4 Å². The van der Waals surface area contributed by atoms with E-state index in [-0.39, 0.29) is 18.1 Å². The van der Waals surface area contributed by atoms with Crippen LogP contribution in [0.3, 0.4) is 0 Å². The molecule has 5 rings (SSSR count). The molecule has 2 N–H and O–H groups in total. The first kappa shape index (κ1) is 32.9. The first-order valence-corrected chi connectivity index (χ1v) is 17.4. The summed E-state index contributed by atoms with van der Waals surface area (Å²) in [5.41, 5.74) is 4.85. The van der Waals surface area contributed by atoms with Crippen LogP contribution in [-0.4, -0.2) is 49.1 Å². The fourth-order valence-corrected chi connectivity index (χ4v) is 7.28. The summed E-state index contributed by atoms with van der Waals surface area (Å²) in [4.78, 5) is 35.9. The fraction of sp³-hybridized carbons (Fsp3) is 0.412. The Labute approximate surface area is 270 Å². The summed E-state index contributed by atoms with van der Waals surface area (Å²) in [6.45, 7) is 6.05. The van der Waals surface area contributed by atoms with Crippen molar-refractivity contribution in [1.82, 2.24) is 15.1 Å². The summed E-state index contributed by atoms with van der Waals surface area (Å²) in [7, 11) is -3.55. The summed E-state index contributed by atoms with van der Waals surface area (Å²) in [6.07, 6.45) is 3.95. The van der Waals surface area contributed by atoms with E-state index >= 15 is 0 Å². The number of hydrogen-bond donors (Lipinski definition) is 2. The minimum absolute atomic E-state index is 0.118. The Balaban J connectivity index is 1.47. The maximum absolute atomic E-state index is 14.3. The average molecular weight is 654 g/mol. The Kier molecular flexibility index (Phi) is 9.88. The van der Waals surface area contributed by atoms with Gasteiger partial charge in [0.25, 0.3) is 11.8 Å². The topological polar surface area (TPSA) is 114 Å². The summed E-state index contributed by atoms with van der Waals surface area (Å²) in [6, 6.07) is 19.9. The van der Waals surface area contributed by atoms with Crippen LogP contribution in [0.4, 0.5) is 0 Å². The Morgan fingerprint density at radius 1 is 0.978 bits per heavy atom. The Bertz CT molecular complexity index is 1620. The lowest BCUT2D eigenvalue weighted by molar-refractivity contribution is -0.138. The first-order chi connectivity index (χ1) is 21.3. The van der Waals surface area contributed by atoms with Gasteiger partial charge in [-0.2, -0.15) is 0 Å². The normalized spacial score (nSPS) is 22.1. The molecule has 11 heteroatoms. The highest BCUT2D eigenvalue weighted by Gasteiger charge is 2.49. The van der Waals surface area contributed by atoms with Crippen LogP contribution in [0.5, 0.6) is 5.75 Å². The molecule has 9 nitrogen and oxygen atoms in total. The highest BCUT2D eigenvalue weighted by Crippen LogP contribution is 2.46. The van der Waals surface area contributed by atoms with E-state index < -0.39 is 40.0 Å². The van der Waals surface area contributed by atoms with Crippen LogP contribution in [0.1, 0.15) is 85.5 Å². The molecule has 45 heavy (non-hydrogen) atoms. The molecule has 1 aliphatic carbocycles. The van der Waals surface area contributed by atoms with Crippen molar-refractivity contribution >= 4 is 33.4 Å². The van der Waals surface area contributed by atoms with E-state index in [2.05, 4.69) is 10.2 Å². The smallest absolute Gasteiger partial charge is 0.255 e. The van der Waals surface area contributed by atoms with Gasteiger partial charge in [-0.05, 0) is 80.6 Å². The van der Waals surface area contributed by atoms with E-state index in [1.807, 2.05) is 57.2 Å². The van der Waals surface area contributed by atoms with Gasteiger partial charge in [0.15, 0.2) is 0 Å². The minimum atomic E-state index is -3.55. The molecule has 0 radical (unpaired) electrons. The number of hydroxylamine groups is 1. The summed E-state index contributed by atoms with van der Waals surface area (Å²) in [5.74, 6) is -0.782. The lowest BCUT2D eigenvalue weighted by Crippen LogP contribution is -2.59. The van der Waals surface area contributed by atoms with Gasteiger partial charge in [0.2, 0.25) is 10.0 Å². The molecule has 2 aliphatic rings. The molecule has 2 amide bonds. The molecule has 0 spiro atoms. The fourth-order valence-electron chi connectivity index (χ4n) is 6.33. The molecule has 1 fully saturated rings. The zero-order valence-corrected chi connectivity index (χ0v) is 27.5. The van der Waals surface area contributed by atoms with Crippen LogP contribution in [-0.2, 0) is 26.3 Å². The Hall–Kier alpha value is -3.44. The second-order valence-corrected chi connectivity index (χ2v) is 15.0. The van der Waals surface area contributed by atoms with Crippen LogP contribution in [0.25, 0.3) is 0 Å². The SMILES string of the molecule is CC(C)(C)Oc1ccc(CONC(=O)[C@@H]2c3ccccc3C(=O)N([C@H]3CCCC[C@@H]3NS(C)(=O)=O)[C@H]2c2ccc(Cl)cc2)cc1. The number of nitrogens with zero attached hydrogens (tertiary/aromatic N) is 1. The van der Waals surface area contributed by atoms with Gasteiger partial charge in [-0.15, -0.1) is 0 Å². The van der Waals surface area contributed by atoms with Crippen molar-refractivity contribution in [2.45, 2.75) is 82.7 Å². The highest BCUT2D eigenvalue weighted by atomic mass is 35.5. The van der Waals surface area contributed by atoms with Gasteiger partial charge in [-0.25, -0.2) is 18.6 Å². The van der Waals surface area contributed by atoms with E-state index in [0.29, 0.717) is 34.6 Å². The number of nitrogens with one attached hydrogen (secondary N) is 2. The van der Waals surface area contributed by atoms with Crippen molar-refractivity contribution in [1.29, 1.82) is 0 Å². The summed E-state index contributed by atoms with van der Waals surface area (Å²) in [5, 5.41) is 0.519. The standard InChI is InChI=1S/C34H40ClN3O6S/c1-34(2,3)44-25-19-13-22(14-20-25)21-43-36-32(39)30-26-9-5-6-10-27(26)33(40)38(31(30)23-15-17-24(35)18-16-23)29-12-8-7-11-28(29)37-45(4,41)42/h5-6,9-10,13-20,28-31,37H,7-8,11-12,21H2,1-4H3,(H,36,39)/t28-,29-,30+,31-/m0/s1. The van der Waals surface area contributed by atoms with Crippen molar-refractivity contribution in [3.8, 4) is 5.75 Å². The van der Waals surface area contributed by atoms with E-state index in [1.54, 1.807) is 41.3 Å². The number of hydrogen-bond acceptors (Lipinski definition) is 6. The molecule has 4 atom stereocenters. The molecule has 1 heterocycles. The second kappa shape index (κ2) is 13.5. The highest BCUT2D eigenvalue weighted by molar-refractivity contribution is 7.88. The van der Waals surface area contributed by atoms with Crippen molar-refractivity contribution < 1.29 is 27.6 Å². The van der Waals surface area contributed by atoms with Gasteiger partial charge in [0.05, 0.1) is 24.8 Å². The number of carbonyl (C=O) groups is 2. The number of rotatable bonds is 9. The van der Waals surface area contributed by atoms with Gasteiger partial charge in [0.1, 0.15) is 11.4 Å². The molecule has 1 saturated carbocycles. The third-order valence-corrected chi connectivity index (χ3v) is 9.06. The van der Waals surface area contributed by atoms with E-state index in [4.69, 9.17) is 21.2 Å².